The number of nitrogens with one attached hydrogen (secondary N) is 1. The maximum atomic E-state index is 12.9. The number of aromatic nitrogens is 2. The third-order valence-electron chi connectivity index (χ3n) is 5.52. The number of rotatable bonds is 3. The first kappa shape index (κ1) is 26.3. The van der Waals surface area contributed by atoms with Gasteiger partial charge >= 0.3 is 12.1 Å². The van der Waals surface area contributed by atoms with Crippen molar-refractivity contribution >= 4 is 23.6 Å². The average Bonchev–Trinajstić information content (AvgIpc) is 3.29. The van der Waals surface area contributed by atoms with Crippen LogP contribution in [0, 0.1) is 5.41 Å². The van der Waals surface area contributed by atoms with E-state index in [4.69, 9.17) is 14.6 Å². The Labute approximate surface area is 187 Å². The molecule has 1 aromatic heterocycles. The number of amides is 2. The lowest BCUT2D eigenvalue weighted by Crippen LogP contribution is -2.51. The molecule has 2 N–H and O–H groups in total. The molecule has 2 aliphatic rings. The number of likely N-dealkylation sites (tertiary alicyclic amines) is 1. The van der Waals surface area contributed by atoms with Crippen molar-refractivity contribution in [2.75, 3.05) is 54.0 Å². The van der Waals surface area contributed by atoms with Crippen molar-refractivity contribution in [2.24, 2.45) is 5.41 Å². The fourth-order valence-electron chi connectivity index (χ4n) is 3.96. The molecule has 3 heterocycles. The highest BCUT2D eigenvalue weighted by Gasteiger charge is 2.51. The van der Waals surface area contributed by atoms with E-state index in [0.717, 1.165) is 0 Å². The number of carboxylic acid groups (broad SMARTS) is 1. The normalized spacial score (nSPS) is 23.4. The van der Waals surface area contributed by atoms with Crippen molar-refractivity contribution in [3.63, 3.8) is 0 Å². The molecule has 184 valence electrons. The van der Waals surface area contributed by atoms with Gasteiger partial charge in [0, 0.05) is 45.1 Å². The predicted octanol–water partition coefficient (Wildman–Crippen LogP) is 0.107. The minimum Gasteiger partial charge on any atom is -0.475 e. The highest BCUT2D eigenvalue weighted by Crippen LogP contribution is 2.36. The number of carboxylic acids is 1. The molecule has 0 radical (unpaired) electrons. The minimum absolute atomic E-state index is 0.0509. The Kier molecular flexibility index (Phi) is 7.85. The summed E-state index contributed by atoms with van der Waals surface area (Å²) in [5.41, 5.74) is 0.182. The van der Waals surface area contributed by atoms with E-state index in [0.29, 0.717) is 31.9 Å². The van der Waals surface area contributed by atoms with Crippen LogP contribution >= 0.6 is 0 Å². The van der Waals surface area contributed by atoms with E-state index < -0.39 is 12.1 Å². The van der Waals surface area contributed by atoms with E-state index in [1.54, 1.807) is 16.8 Å². The summed E-state index contributed by atoms with van der Waals surface area (Å²) >= 11 is 0. The number of aromatic amines is 1. The Morgan fingerprint density at radius 2 is 1.91 bits per heavy atom. The van der Waals surface area contributed by atoms with Crippen LogP contribution in [0.4, 0.5) is 13.2 Å². The maximum absolute atomic E-state index is 12.9. The molecule has 0 aliphatic carbocycles. The number of hydrogen-bond acceptors (Lipinski definition) is 7. The van der Waals surface area contributed by atoms with Crippen LogP contribution in [0.3, 0.4) is 0 Å². The number of likely N-dealkylation sites (N-methyl/N-ethyl adjacent to an activating group) is 2. The zero-order valence-corrected chi connectivity index (χ0v) is 18.6. The molecule has 2 amide bonds. The van der Waals surface area contributed by atoms with E-state index in [9.17, 15) is 27.6 Å². The Morgan fingerprint density at radius 1 is 1.30 bits per heavy atom. The Balaban J connectivity index is 0.000000479. The van der Waals surface area contributed by atoms with Crippen LogP contribution < -0.4 is 0 Å². The van der Waals surface area contributed by atoms with Gasteiger partial charge in [-0.2, -0.15) is 18.3 Å². The van der Waals surface area contributed by atoms with E-state index in [2.05, 4.69) is 15.1 Å². The largest absolute Gasteiger partial charge is 0.490 e. The number of nitrogens with zero attached hydrogens (tertiary/aromatic N) is 4. The number of hydrogen-bond donors (Lipinski definition) is 2. The number of halogens is 3. The first-order valence-electron chi connectivity index (χ1n) is 9.82. The van der Waals surface area contributed by atoms with Gasteiger partial charge < -0.3 is 24.5 Å². The van der Waals surface area contributed by atoms with Gasteiger partial charge in [-0.1, -0.05) is 0 Å². The molecular weight excluding hydrogens is 451 g/mol. The van der Waals surface area contributed by atoms with Gasteiger partial charge in [-0.05, 0) is 20.2 Å². The molecule has 33 heavy (non-hydrogen) atoms. The second kappa shape index (κ2) is 9.87. The number of H-pyrrole nitrogens is 1. The van der Waals surface area contributed by atoms with Gasteiger partial charge in [0.2, 0.25) is 5.91 Å². The Morgan fingerprint density at radius 3 is 2.39 bits per heavy atom. The SMILES string of the molecule is CC(=O)c1cc(C(=O)N2C[C@@H](N(C)C)[C@@]3(COCC(=O)N(C)C3)C2)[nH]n1.O=C(O)C(F)(F)F. The van der Waals surface area contributed by atoms with Crippen LogP contribution in [-0.4, -0.2) is 120 Å². The molecule has 0 aromatic carbocycles. The van der Waals surface area contributed by atoms with Crippen molar-refractivity contribution in [1.29, 1.82) is 0 Å². The van der Waals surface area contributed by atoms with Gasteiger partial charge in [0.25, 0.3) is 5.91 Å². The summed E-state index contributed by atoms with van der Waals surface area (Å²) in [7, 11) is 5.71. The highest BCUT2D eigenvalue weighted by molar-refractivity contribution is 5.97. The van der Waals surface area contributed by atoms with Crippen molar-refractivity contribution in [2.45, 2.75) is 19.1 Å². The molecule has 2 aliphatic heterocycles. The highest BCUT2D eigenvalue weighted by atomic mass is 19.4. The third kappa shape index (κ3) is 6.07. The van der Waals surface area contributed by atoms with E-state index in [1.165, 1.54) is 13.0 Å². The van der Waals surface area contributed by atoms with Gasteiger partial charge in [0.05, 0.1) is 6.61 Å². The predicted molar refractivity (Wildman–Crippen MR) is 107 cm³/mol. The average molecular weight is 477 g/mol. The van der Waals surface area contributed by atoms with Gasteiger partial charge in [-0.3, -0.25) is 19.5 Å². The fraction of sp³-hybridized carbons (Fsp3) is 0.632. The lowest BCUT2D eigenvalue weighted by atomic mass is 9.82. The molecule has 1 spiro atoms. The summed E-state index contributed by atoms with van der Waals surface area (Å²) in [6, 6.07) is 1.54. The number of alkyl halides is 3. The monoisotopic (exact) mass is 477 g/mol. The number of aliphatic carboxylic acids is 1. The molecule has 1 aromatic rings. The number of ether oxygens (including phenoxy) is 1. The summed E-state index contributed by atoms with van der Waals surface area (Å²) in [5, 5.41) is 13.7. The molecular formula is C19H26F3N5O6. The van der Waals surface area contributed by atoms with Gasteiger partial charge in [0.15, 0.2) is 5.78 Å². The fourth-order valence-corrected chi connectivity index (χ4v) is 3.96. The van der Waals surface area contributed by atoms with Crippen LogP contribution in [0.15, 0.2) is 6.07 Å². The lowest BCUT2D eigenvalue weighted by Gasteiger charge is -2.37. The van der Waals surface area contributed by atoms with Crippen molar-refractivity contribution < 1.29 is 42.2 Å². The van der Waals surface area contributed by atoms with Crippen LogP contribution in [0.1, 0.15) is 27.9 Å². The zero-order chi connectivity index (χ0) is 25.1. The van der Waals surface area contributed by atoms with Gasteiger partial charge in [0.1, 0.15) is 18.0 Å². The number of carbonyl (C=O) groups excluding carboxylic acids is 3. The van der Waals surface area contributed by atoms with Crippen LogP contribution in [0.25, 0.3) is 0 Å². The summed E-state index contributed by atoms with van der Waals surface area (Å²) in [4.78, 5) is 50.7. The van der Waals surface area contributed by atoms with E-state index >= 15 is 0 Å². The second-order valence-electron chi connectivity index (χ2n) is 8.30. The van der Waals surface area contributed by atoms with E-state index in [1.807, 2.05) is 14.1 Å². The molecule has 3 rings (SSSR count). The number of carbonyl (C=O) groups is 4. The summed E-state index contributed by atoms with van der Waals surface area (Å²) < 4.78 is 37.4. The number of Topliss-reactive ketones (excluding diaryl/α,β-unsaturated/α-hetero) is 1. The van der Waals surface area contributed by atoms with E-state index in [-0.39, 0.29) is 41.4 Å². The van der Waals surface area contributed by atoms with Crippen LogP contribution in [0.5, 0.6) is 0 Å². The van der Waals surface area contributed by atoms with Crippen molar-refractivity contribution in [1.82, 2.24) is 24.9 Å². The quantitative estimate of drug-likeness (QED) is 0.586. The summed E-state index contributed by atoms with van der Waals surface area (Å²) in [6.45, 7) is 3.41. The van der Waals surface area contributed by atoms with Gasteiger partial charge in [-0.25, -0.2) is 4.79 Å². The molecule has 0 bridgehead atoms. The molecule has 2 atom stereocenters. The van der Waals surface area contributed by atoms with Crippen LogP contribution in [-0.2, 0) is 14.3 Å². The molecule has 11 nitrogen and oxygen atoms in total. The lowest BCUT2D eigenvalue weighted by molar-refractivity contribution is -0.192. The first-order chi connectivity index (χ1) is 15.2. The van der Waals surface area contributed by atoms with Crippen molar-refractivity contribution in [3.05, 3.63) is 17.5 Å². The maximum Gasteiger partial charge on any atom is 0.490 e. The minimum atomic E-state index is -5.08. The van der Waals surface area contributed by atoms with Crippen molar-refractivity contribution in [3.8, 4) is 0 Å². The smallest absolute Gasteiger partial charge is 0.475 e. The number of ketones is 1. The zero-order valence-electron chi connectivity index (χ0n) is 18.6. The molecule has 2 fully saturated rings. The third-order valence-corrected chi connectivity index (χ3v) is 5.52. The second-order valence-corrected chi connectivity index (χ2v) is 8.30. The molecule has 0 saturated carbocycles. The Bertz CT molecular complexity index is 918. The summed E-state index contributed by atoms with van der Waals surface area (Å²) in [6.07, 6.45) is -5.08. The van der Waals surface area contributed by atoms with Gasteiger partial charge in [-0.15, -0.1) is 0 Å². The summed E-state index contributed by atoms with van der Waals surface area (Å²) in [5.74, 6) is -3.20. The molecule has 0 unspecified atom stereocenters. The topological polar surface area (TPSA) is 136 Å². The first-order valence-corrected chi connectivity index (χ1v) is 9.82. The Hall–Kier alpha value is -3.00. The standard InChI is InChI=1S/C17H25N5O4.C2HF3O2/c1-11(23)12-5-13(19-18-12)16(25)22-6-14(20(2)3)17(9-22)8-21(4)15(24)7-26-10-17;3-2(4,5)1(6)7/h5,14H,6-10H2,1-4H3,(H,18,19);(H,6,7)/t14-,17-;/m1./s1. The molecule has 2 saturated heterocycles. The molecule has 14 heteroatoms. The van der Waals surface area contributed by atoms with Crippen LogP contribution in [0.2, 0.25) is 0 Å².